The fourth-order valence-electron chi connectivity index (χ4n) is 2.08. The number of aryl methyl sites for hydroxylation is 2. The van der Waals surface area contributed by atoms with E-state index in [0.29, 0.717) is 6.61 Å². The van der Waals surface area contributed by atoms with Gasteiger partial charge >= 0.3 is 0 Å². The molecular weight excluding hydrogens is 234 g/mol. The van der Waals surface area contributed by atoms with Crippen molar-refractivity contribution in [1.29, 1.82) is 0 Å². The molecule has 0 saturated heterocycles. The Labute approximate surface area is 115 Å². The zero-order chi connectivity index (χ0) is 13.7. The fourth-order valence-corrected chi connectivity index (χ4v) is 2.08. The first-order chi connectivity index (χ1) is 9.19. The van der Waals surface area contributed by atoms with Crippen molar-refractivity contribution in [2.45, 2.75) is 27.3 Å². The molecule has 0 heterocycles. The van der Waals surface area contributed by atoms with E-state index in [1.165, 1.54) is 16.7 Å². The predicted molar refractivity (Wildman–Crippen MR) is 80.9 cm³/mol. The first-order valence-corrected chi connectivity index (χ1v) is 6.72. The molecule has 0 aromatic heterocycles. The third-order valence-electron chi connectivity index (χ3n) is 3.15. The Morgan fingerprint density at radius 1 is 1.00 bits per heavy atom. The summed E-state index contributed by atoms with van der Waals surface area (Å²) in [5.74, 6) is 0.916. The highest BCUT2D eigenvalue weighted by Gasteiger charge is 1.99. The van der Waals surface area contributed by atoms with Crippen LogP contribution in [0, 0.1) is 13.8 Å². The van der Waals surface area contributed by atoms with Crippen LogP contribution in [0.15, 0.2) is 42.5 Å². The van der Waals surface area contributed by atoms with Gasteiger partial charge in [0.05, 0.1) is 6.61 Å². The van der Waals surface area contributed by atoms with Gasteiger partial charge in [0.1, 0.15) is 5.75 Å². The number of nitrogens with one attached hydrogen (secondary N) is 1. The number of hydrogen-bond acceptors (Lipinski definition) is 2. The summed E-state index contributed by atoms with van der Waals surface area (Å²) in [5, 5.41) is 3.43. The molecule has 2 heteroatoms. The molecule has 0 aliphatic rings. The Bertz CT molecular complexity index is 531. The second kappa shape index (κ2) is 6.28. The summed E-state index contributed by atoms with van der Waals surface area (Å²) in [5.41, 5.74) is 5.09. The Balaban J connectivity index is 1.98. The van der Waals surface area contributed by atoms with Crippen molar-refractivity contribution in [3.63, 3.8) is 0 Å². The van der Waals surface area contributed by atoms with Gasteiger partial charge in [-0.3, -0.25) is 0 Å². The molecule has 0 saturated carbocycles. The predicted octanol–water partition coefficient (Wildman–Crippen LogP) is 4.31. The summed E-state index contributed by atoms with van der Waals surface area (Å²) < 4.78 is 5.43. The fraction of sp³-hybridized carbons (Fsp3) is 0.294. The van der Waals surface area contributed by atoms with Crippen molar-refractivity contribution in [3.8, 4) is 5.75 Å². The van der Waals surface area contributed by atoms with E-state index in [0.717, 1.165) is 18.0 Å². The van der Waals surface area contributed by atoms with E-state index in [9.17, 15) is 0 Å². The van der Waals surface area contributed by atoms with E-state index in [-0.39, 0.29) is 0 Å². The lowest BCUT2D eigenvalue weighted by molar-refractivity contribution is 0.340. The molecule has 0 bridgehead atoms. The molecular formula is C17H21NO. The Morgan fingerprint density at radius 2 is 1.74 bits per heavy atom. The molecule has 2 rings (SSSR count). The Hall–Kier alpha value is -1.96. The molecule has 0 unspecified atom stereocenters. The van der Waals surface area contributed by atoms with Gasteiger partial charge in [0.2, 0.25) is 0 Å². The van der Waals surface area contributed by atoms with Crippen molar-refractivity contribution in [1.82, 2.24) is 0 Å². The van der Waals surface area contributed by atoms with E-state index >= 15 is 0 Å². The number of ether oxygens (including phenoxy) is 1. The summed E-state index contributed by atoms with van der Waals surface area (Å²) >= 11 is 0. The lowest BCUT2D eigenvalue weighted by Crippen LogP contribution is -2.01. The molecule has 19 heavy (non-hydrogen) atoms. The van der Waals surface area contributed by atoms with E-state index < -0.39 is 0 Å². The van der Waals surface area contributed by atoms with Crippen LogP contribution in [-0.4, -0.2) is 6.61 Å². The summed E-state index contributed by atoms with van der Waals surface area (Å²) in [4.78, 5) is 0. The minimum absolute atomic E-state index is 0.704. The second-order valence-corrected chi connectivity index (χ2v) is 4.74. The third-order valence-corrected chi connectivity index (χ3v) is 3.15. The molecule has 0 radical (unpaired) electrons. The first-order valence-electron chi connectivity index (χ1n) is 6.72. The maximum absolute atomic E-state index is 5.43. The van der Waals surface area contributed by atoms with Crippen LogP contribution in [0.4, 0.5) is 5.69 Å². The van der Waals surface area contributed by atoms with Crippen LogP contribution in [-0.2, 0) is 6.54 Å². The van der Waals surface area contributed by atoms with Crippen LogP contribution < -0.4 is 10.1 Å². The van der Waals surface area contributed by atoms with Crippen molar-refractivity contribution in [2.75, 3.05) is 11.9 Å². The highest BCUT2D eigenvalue weighted by molar-refractivity contribution is 5.47. The van der Waals surface area contributed by atoms with Gasteiger partial charge in [0, 0.05) is 12.2 Å². The summed E-state index contributed by atoms with van der Waals surface area (Å²) in [6, 6.07) is 14.6. The summed E-state index contributed by atoms with van der Waals surface area (Å²) in [7, 11) is 0. The molecule has 2 aromatic carbocycles. The summed E-state index contributed by atoms with van der Waals surface area (Å²) in [6.07, 6.45) is 0. The minimum Gasteiger partial charge on any atom is -0.494 e. The average molecular weight is 255 g/mol. The first kappa shape index (κ1) is 13.5. The van der Waals surface area contributed by atoms with Crippen LogP contribution in [0.2, 0.25) is 0 Å². The molecule has 0 atom stereocenters. The zero-order valence-corrected chi connectivity index (χ0v) is 11.9. The number of anilines is 1. The van der Waals surface area contributed by atoms with Gasteiger partial charge in [-0.05, 0) is 56.2 Å². The smallest absolute Gasteiger partial charge is 0.119 e. The molecule has 0 amide bonds. The van der Waals surface area contributed by atoms with Gasteiger partial charge in [0.25, 0.3) is 0 Å². The van der Waals surface area contributed by atoms with Crippen LogP contribution >= 0.6 is 0 Å². The topological polar surface area (TPSA) is 21.3 Å². The molecule has 0 aliphatic carbocycles. The lowest BCUT2D eigenvalue weighted by atomic mass is 10.1. The summed E-state index contributed by atoms with van der Waals surface area (Å²) in [6.45, 7) is 7.82. The monoisotopic (exact) mass is 255 g/mol. The molecule has 0 spiro atoms. The van der Waals surface area contributed by atoms with Crippen LogP contribution in [0.3, 0.4) is 0 Å². The van der Waals surface area contributed by atoms with Gasteiger partial charge in [-0.25, -0.2) is 0 Å². The lowest BCUT2D eigenvalue weighted by Gasteiger charge is -2.10. The highest BCUT2D eigenvalue weighted by Crippen LogP contribution is 2.17. The van der Waals surface area contributed by atoms with Gasteiger partial charge < -0.3 is 10.1 Å². The van der Waals surface area contributed by atoms with Crippen LogP contribution in [0.5, 0.6) is 5.75 Å². The second-order valence-electron chi connectivity index (χ2n) is 4.74. The van der Waals surface area contributed by atoms with Crippen LogP contribution in [0.25, 0.3) is 0 Å². The SMILES string of the molecule is CCOc1ccc(NCc2ccc(C)cc2C)cc1. The molecule has 0 fully saturated rings. The quantitative estimate of drug-likeness (QED) is 0.859. The van der Waals surface area contributed by atoms with Crippen LogP contribution in [0.1, 0.15) is 23.6 Å². The van der Waals surface area contributed by atoms with E-state index in [2.05, 4.69) is 49.5 Å². The highest BCUT2D eigenvalue weighted by atomic mass is 16.5. The van der Waals surface area contributed by atoms with Gasteiger partial charge in [-0.2, -0.15) is 0 Å². The molecule has 100 valence electrons. The van der Waals surface area contributed by atoms with Crippen molar-refractivity contribution >= 4 is 5.69 Å². The van der Waals surface area contributed by atoms with Crippen molar-refractivity contribution < 1.29 is 4.74 Å². The molecule has 0 aliphatic heterocycles. The number of benzene rings is 2. The maximum Gasteiger partial charge on any atom is 0.119 e. The maximum atomic E-state index is 5.43. The van der Waals surface area contributed by atoms with Gasteiger partial charge in [-0.1, -0.05) is 23.8 Å². The van der Waals surface area contributed by atoms with Crippen molar-refractivity contribution in [2.24, 2.45) is 0 Å². The molecule has 1 N–H and O–H groups in total. The van der Waals surface area contributed by atoms with Gasteiger partial charge in [-0.15, -0.1) is 0 Å². The standard InChI is InChI=1S/C17H21NO/c1-4-19-17-9-7-16(8-10-17)18-12-15-6-5-13(2)11-14(15)3/h5-11,18H,4,12H2,1-3H3. The molecule has 2 aromatic rings. The Morgan fingerprint density at radius 3 is 2.37 bits per heavy atom. The van der Waals surface area contributed by atoms with E-state index in [1.807, 2.05) is 19.1 Å². The third kappa shape index (κ3) is 3.75. The zero-order valence-electron chi connectivity index (χ0n) is 11.9. The van der Waals surface area contributed by atoms with E-state index in [4.69, 9.17) is 4.74 Å². The molecule has 2 nitrogen and oxygen atoms in total. The van der Waals surface area contributed by atoms with Gasteiger partial charge in [0.15, 0.2) is 0 Å². The average Bonchev–Trinajstić information content (AvgIpc) is 2.40. The number of rotatable bonds is 5. The van der Waals surface area contributed by atoms with E-state index in [1.54, 1.807) is 0 Å². The van der Waals surface area contributed by atoms with Crippen molar-refractivity contribution in [3.05, 3.63) is 59.2 Å². The minimum atomic E-state index is 0.704. The normalized spacial score (nSPS) is 10.3. The Kier molecular flexibility index (Phi) is 4.45. The number of hydrogen-bond donors (Lipinski definition) is 1. The largest absolute Gasteiger partial charge is 0.494 e.